The molecule has 20 heavy (non-hydrogen) atoms. The van der Waals surface area contributed by atoms with Crippen molar-refractivity contribution in [3.63, 3.8) is 0 Å². The maximum absolute atomic E-state index is 11.8. The van der Waals surface area contributed by atoms with Crippen LogP contribution in [0.5, 0.6) is 0 Å². The smallest absolute Gasteiger partial charge is 0.360 e. The van der Waals surface area contributed by atoms with Crippen LogP contribution in [0, 0.1) is 0 Å². The number of nitrogens with one attached hydrogen (secondary N) is 1. The van der Waals surface area contributed by atoms with E-state index >= 15 is 0 Å². The molecule has 1 heterocycles. The van der Waals surface area contributed by atoms with Crippen molar-refractivity contribution in [3.8, 4) is 0 Å². The van der Waals surface area contributed by atoms with E-state index in [2.05, 4.69) is 15.6 Å². The zero-order valence-corrected chi connectivity index (χ0v) is 12.3. The fraction of sp³-hybridized carbons (Fsp3) is 0.667. The van der Waals surface area contributed by atoms with Crippen LogP contribution in [0.15, 0.2) is 0 Å². The van der Waals surface area contributed by atoms with E-state index in [1.165, 1.54) is 4.68 Å². The molecule has 0 bridgehead atoms. The van der Waals surface area contributed by atoms with Crippen LogP contribution in [-0.2, 0) is 22.6 Å². The predicted molar refractivity (Wildman–Crippen MR) is 71.8 cm³/mol. The van der Waals surface area contributed by atoms with E-state index in [1.807, 2.05) is 20.8 Å². The number of hydrogen-bond acceptors (Lipinski definition) is 6. The molecule has 1 rings (SSSR count). The fourth-order valence-electron chi connectivity index (χ4n) is 1.61. The summed E-state index contributed by atoms with van der Waals surface area (Å²) >= 11 is 0. The van der Waals surface area contributed by atoms with E-state index in [4.69, 9.17) is 10.5 Å². The molecule has 8 heteroatoms. The maximum atomic E-state index is 11.8. The largest absolute Gasteiger partial charge is 0.461 e. The van der Waals surface area contributed by atoms with Gasteiger partial charge in [0.2, 0.25) is 5.91 Å². The Labute approximate surface area is 117 Å². The van der Waals surface area contributed by atoms with Gasteiger partial charge < -0.3 is 15.8 Å². The topological polar surface area (TPSA) is 112 Å². The maximum Gasteiger partial charge on any atom is 0.360 e. The van der Waals surface area contributed by atoms with Gasteiger partial charge in [0.15, 0.2) is 5.69 Å². The first-order valence-corrected chi connectivity index (χ1v) is 6.39. The minimum Gasteiger partial charge on any atom is -0.461 e. The average Bonchev–Trinajstić information content (AvgIpc) is 2.69. The van der Waals surface area contributed by atoms with Gasteiger partial charge in [-0.2, -0.15) is 0 Å². The Hall–Kier alpha value is -1.96. The first-order valence-electron chi connectivity index (χ1n) is 6.39. The molecule has 0 saturated heterocycles. The average molecular weight is 283 g/mol. The summed E-state index contributed by atoms with van der Waals surface area (Å²) in [5.74, 6) is -0.817. The summed E-state index contributed by atoms with van der Waals surface area (Å²) < 4.78 is 6.17. The second-order valence-electron chi connectivity index (χ2n) is 5.27. The summed E-state index contributed by atoms with van der Waals surface area (Å²) in [5.41, 5.74) is 5.69. The standard InChI is InChI=1S/C12H21N5O3/c1-5-20-11(19)10-8(6-13)17(16-15-10)7-9(18)14-12(2,3)4/h5-7,13H2,1-4H3,(H,14,18). The fourth-order valence-corrected chi connectivity index (χ4v) is 1.61. The molecule has 0 fully saturated rings. The molecule has 0 aromatic carbocycles. The first kappa shape index (κ1) is 16.1. The molecular formula is C12H21N5O3. The molecule has 1 aromatic heterocycles. The normalized spacial score (nSPS) is 11.2. The quantitative estimate of drug-likeness (QED) is 0.725. The van der Waals surface area contributed by atoms with Gasteiger partial charge in [0.25, 0.3) is 0 Å². The van der Waals surface area contributed by atoms with Crippen LogP contribution in [0.25, 0.3) is 0 Å². The number of nitrogens with two attached hydrogens (primary N) is 1. The van der Waals surface area contributed by atoms with Crippen molar-refractivity contribution in [1.29, 1.82) is 0 Å². The summed E-state index contributed by atoms with van der Waals surface area (Å²) in [5, 5.41) is 10.3. The van der Waals surface area contributed by atoms with Crippen molar-refractivity contribution < 1.29 is 14.3 Å². The van der Waals surface area contributed by atoms with Gasteiger partial charge in [-0.05, 0) is 27.7 Å². The first-order chi connectivity index (χ1) is 9.28. The number of esters is 1. The van der Waals surface area contributed by atoms with Crippen LogP contribution in [0.4, 0.5) is 0 Å². The number of amides is 1. The van der Waals surface area contributed by atoms with Crippen molar-refractivity contribution in [1.82, 2.24) is 20.3 Å². The Kier molecular flexibility index (Phi) is 5.20. The molecular weight excluding hydrogens is 262 g/mol. The molecule has 112 valence electrons. The molecule has 8 nitrogen and oxygen atoms in total. The van der Waals surface area contributed by atoms with Crippen molar-refractivity contribution in [2.75, 3.05) is 6.61 Å². The highest BCUT2D eigenvalue weighted by atomic mass is 16.5. The van der Waals surface area contributed by atoms with Crippen LogP contribution in [0.2, 0.25) is 0 Å². The molecule has 0 aliphatic heterocycles. The number of carbonyl (C=O) groups excluding carboxylic acids is 2. The van der Waals surface area contributed by atoms with E-state index in [9.17, 15) is 9.59 Å². The summed E-state index contributed by atoms with van der Waals surface area (Å²) in [6.45, 7) is 7.56. The minimum absolute atomic E-state index is 0.0454. The highest BCUT2D eigenvalue weighted by Crippen LogP contribution is 2.07. The summed E-state index contributed by atoms with van der Waals surface area (Å²) in [4.78, 5) is 23.5. The number of nitrogens with zero attached hydrogens (tertiary/aromatic N) is 3. The number of aromatic nitrogens is 3. The van der Waals surface area contributed by atoms with Crippen molar-refractivity contribution in [3.05, 3.63) is 11.4 Å². The van der Waals surface area contributed by atoms with Gasteiger partial charge in [-0.15, -0.1) is 5.10 Å². The zero-order valence-electron chi connectivity index (χ0n) is 12.3. The molecule has 0 radical (unpaired) electrons. The van der Waals surface area contributed by atoms with Crippen LogP contribution in [0.3, 0.4) is 0 Å². The Balaban J connectivity index is 2.87. The molecule has 0 aliphatic carbocycles. The Bertz CT molecular complexity index is 490. The second kappa shape index (κ2) is 6.47. The van der Waals surface area contributed by atoms with Crippen molar-refractivity contribution in [2.24, 2.45) is 5.73 Å². The van der Waals surface area contributed by atoms with Crippen LogP contribution in [-0.4, -0.2) is 39.0 Å². The third-order valence-corrected chi connectivity index (χ3v) is 2.31. The number of carbonyl (C=O) groups is 2. The Morgan fingerprint density at radius 1 is 1.40 bits per heavy atom. The molecule has 1 aromatic rings. The highest BCUT2D eigenvalue weighted by molar-refractivity contribution is 5.88. The summed E-state index contributed by atoms with van der Waals surface area (Å²) in [6.07, 6.45) is 0. The van der Waals surface area contributed by atoms with Crippen LogP contribution < -0.4 is 11.1 Å². The minimum atomic E-state index is -0.588. The lowest BCUT2D eigenvalue weighted by Gasteiger charge is -2.20. The van der Waals surface area contributed by atoms with Gasteiger partial charge in [-0.1, -0.05) is 5.21 Å². The Morgan fingerprint density at radius 2 is 2.05 bits per heavy atom. The van der Waals surface area contributed by atoms with E-state index in [-0.39, 0.29) is 36.8 Å². The van der Waals surface area contributed by atoms with Crippen molar-refractivity contribution >= 4 is 11.9 Å². The van der Waals surface area contributed by atoms with Crippen LogP contribution >= 0.6 is 0 Å². The van der Waals surface area contributed by atoms with Gasteiger partial charge in [0, 0.05) is 12.1 Å². The second-order valence-corrected chi connectivity index (χ2v) is 5.27. The molecule has 0 unspecified atom stereocenters. The molecule has 0 spiro atoms. The van der Waals surface area contributed by atoms with Gasteiger partial charge in [0.05, 0.1) is 12.3 Å². The molecule has 0 saturated carbocycles. The monoisotopic (exact) mass is 283 g/mol. The summed E-state index contributed by atoms with van der Waals surface area (Å²) in [7, 11) is 0. The molecule has 3 N–H and O–H groups in total. The molecule has 0 aliphatic rings. The van der Waals surface area contributed by atoms with E-state index in [0.29, 0.717) is 5.69 Å². The third-order valence-electron chi connectivity index (χ3n) is 2.31. The lowest BCUT2D eigenvalue weighted by Crippen LogP contribution is -2.42. The van der Waals surface area contributed by atoms with Gasteiger partial charge >= 0.3 is 5.97 Å². The van der Waals surface area contributed by atoms with Gasteiger partial charge in [-0.3, -0.25) is 4.79 Å². The Morgan fingerprint density at radius 3 is 2.55 bits per heavy atom. The predicted octanol–water partition coefficient (Wildman–Crippen LogP) is -0.172. The molecule has 0 atom stereocenters. The summed E-state index contributed by atoms with van der Waals surface area (Å²) in [6, 6.07) is 0. The number of hydrogen-bond donors (Lipinski definition) is 2. The third kappa shape index (κ3) is 4.30. The zero-order chi connectivity index (χ0) is 15.3. The van der Waals surface area contributed by atoms with Gasteiger partial charge in [-0.25, -0.2) is 9.48 Å². The van der Waals surface area contributed by atoms with E-state index in [0.717, 1.165) is 0 Å². The van der Waals surface area contributed by atoms with E-state index in [1.54, 1.807) is 6.92 Å². The van der Waals surface area contributed by atoms with Gasteiger partial charge in [0.1, 0.15) is 6.54 Å². The SMILES string of the molecule is CCOC(=O)c1nnn(CC(=O)NC(C)(C)C)c1CN. The number of ether oxygens (including phenoxy) is 1. The van der Waals surface area contributed by atoms with E-state index < -0.39 is 5.97 Å². The lowest BCUT2D eigenvalue weighted by molar-refractivity contribution is -0.123. The number of rotatable bonds is 5. The van der Waals surface area contributed by atoms with Crippen LogP contribution in [0.1, 0.15) is 43.9 Å². The van der Waals surface area contributed by atoms with Crippen molar-refractivity contribution in [2.45, 2.75) is 46.3 Å². The molecule has 1 amide bonds. The highest BCUT2D eigenvalue weighted by Gasteiger charge is 2.22. The lowest BCUT2D eigenvalue weighted by atomic mass is 10.1.